The molecule has 1 aromatic heterocycles. The van der Waals surface area contributed by atoms with Crippen LogP contribution in [0.3, 0.4) is 0 Å². The van der Waals surface area contributed by atoms with E-state index in [0.717, 1.165) is 5.56 Å². The number of hydrogen-bond donors (Lipinski definition) is 0. The van der Waals surface area contributed by atoms with E-state index in [1.807, 2.05) is 0 Å². The molecule has 2 aromatic rings. The van der Waals surface area contributed by atoms with Crippen molar-refractivity contribution < 1.29 is 8.42 Å². The molecule has 4 nitrogen and oxygen atoms in total. The third-order valence-corrected chi connectivity index (χ3v) is 4.92. The fraction of sp³-hybridized carbons (Fsp3) is 0.154. The quantitative estimate of drug-likeness (QED) is 0.752. The molecule has 2 radical (unpaired) electrons. The zero-order chi connectivity index (χ0) is 13.5. The molecule has 2 heterocycles. The van der Waals surface area contributed by atoms with Gasteiger partial charge in [0.1, 0.15) is 13.7 Å². The Morgan fingerprint density at radius 2 is 1.95 bits per heavy atom. The molecule has 6 heteroatoms. The predicted molar refractivity (Wildman–Crippen MR) is 74.3 cm³/mol. The lowest BCUT2D eigenvalue weighted by molar-refractivity contribution is 0.592. The Hall–Kier alpha value is -1.82. The standard InChI is InChI=1S/C13H11BN2O2S/c14-11-8-10-6-7-16(13(10)15-9-11)19(17,18)12-4-2-1-3-5-12/h1-5,8-9H,6-7H2. The highest BCUT2D eigenvalue weighted by Crippen LogP contribution is 2.29. The van der Waals surface area contributed by atoms with E-state index >= 15 is 0 Å². The Morgan fingerprint density at radius 1 is 1.21 bits per heavy atom. The highest BCUT2D eigenvalue weighted by atomic mass is 32.2. The van der Waals surface area contributed by atoms with Crippen molar-refractivity contribution in [3.63, 3.8) is 0 Å². The number of benzene rings is 1. The highest BCUT2D eigenvalue weighted by Gasteiger charge is 2.31. The molecule has 1 aromatic carbocycles. The normalized spacial score (nSPS) is 14.4. The Kier molecular flexibility index (Phi) is 2.82. The summed E-state index contributed by atoms with van der Waals surface area (Å²) in [7, 11) is 2.13. The highest BCUT2D eigenvalue weighted by molar-refractivity contribution is 7.92. The molecule has 94 valence electrons. The van der Waals surface area contributed by atoms with Gasteiger partial charge in [0.25, 0.3) is 10.0 Å². The summed E-state index contributed by atoms with van der Waals surface area (Å²) in [4.78, 5) is 4.43. The zero-order valence-corrected chi connectivity index (χ0v) is 11.0. The summed E-state index contributed by atoms with van der Waals surface area (Å²) < 4.78 is 26.4. The van der Waals surface area contributed by atoms with Crippen molar-refractivity contribution >= 4 is 29.2 Å². The van der Waals surface area contributed by atoms with Crippen LogP contribution in [0.15, 0.2) is 47.5 Å². The Labute approximate surface area is 113 Å². The van der Waals surface area contributed by atoms with Gasteiger partial charge in [-0.25, -0.2) is 17.7 Å². The molecule has 0 atom stereocenters. The van der Waals surface area contributed by atoms with Crippen molar-refractivity contribution in [2.45, 2.75) is 11.3 Å². The van der Waals surface area contributed by atoms with E-state index in [1.165, 1.54) is 10.5 Å². The summed E-state index contributed by atoms with van der Waals surface area (Å²) >= 11 is 0. The maximum absolute atomic E-state index is 12.5. The molecule has 0 aliphatic carbocycles. The minimum Gasteiger partial charge on any atom is -0.249 e. The lowest BCUT2D eigenvalue weighted by Gasteiger charge is -2.18. The maximum atomic E-state index is 12.5. The molecule has 3 rings (SSSR count). The van der Waals surface area contributed by atoms with E-state index < -0.39 is 10.0 Å². The minimum absolute atomic E-state index is 0.279. The summed E-state index contributed by atoms with van der Waals surface area (Å²) in [6.07, 6.45) is 2.12. The van der Waals surface area contributed by atoms with Gasteiger partial charge in [-0.1, -0.05) is 29.7 Å². The van der Waals surface area contributed by atoms with Crippen LogP contribution in [0, 0.1) is 0 Å². The van der Waals surface area contributed by atoms with Crippen molar-refractivity contribution in [2.75, 3.05) is 10.8 Å². The van der Waals surface area contributed by atoms with Crippen molar-refractivity contribution in [1.82, 2.24) is 4.98 Å². The Bertz CT molecular complexity index is 717. The average molecular weight is 270 g/mol. The molecule has 0 saturated heterocycles. The van der Waals surface area contributed by atoms with Gasteiger partial charge >= 0.3 is 0 Å². The van der Waals surface area contributed by atoms with Crippen LogP contribution in [0.4, 0.5) is 5.82 Å². The number of anilines is 1. The molecule has 0 unspecified atom stereocenters. The second-order valence-corrected chi connectivity index (χ2v) is 6.25. The van der Waals surface area contributed by atoms with Crippen LogP contribution in [0.25, 0.3) is 0 Å². The van der Waals surface area contributed by atoms with Crippen LogP contribution in [0.5, 0.6) is 0 Å². The van der Waals surface area contributed by atoms with E-state index in [0.29, 0.717) is 24.2 Å². The van der Waals surface area contributed by atoms with Gasteiger partial charge in [0, 0.05) is 12.7 Å². The van der Waals surface area contributed by atoms with E-state index in [9.17, 15) is 8.42 Å². The van der Waals surface area contributed by atoms with E-state index in [-0.39, 0.29) is 4.90 Å². The lowest BCUT2D eigenvalue weighted by atomic mass is 9.97. The second kappa shape index (κ2) is 4.38. The number of aromatic nitrogens is 1. The molecule has 0 saturated carbocycles. The molecule has 0 spiro atoms. The average Bonchev–Trinajstić information content (AvgIpc) is 2.83. The molecule has 0 fully saturated rings. The Balaban J connectivity index is 2.07. The summed E-state index contributed by atoms with van der Waals surface area (Å²) in [6, 6.07) is 10.2. The van der Waals surface area contributed by atoms with Crippen molar-refractivity contribution in [1.29, 1.82) is 0 Å². The van der Waals surface area contributed by atoms with Crippen molar-refractivity contribution in [2.24, 2.45) is 0 Å². The largest absolute Gasteiger partial charge is 0.265 e. The molecule has 0 amide bonds. The monoisotopic (exact) mass is 270 g/mol. The first kappa shape index (κ1) is 12.2. The number of hydrogen-bond acceptors (Lipinski definition) is 3. The van der Waals surface area contributed by atoms with Crippen LogP contribution in [-0.2, 0) is 16.4 Å². The van der Waals surface area contributed by atoms with Gasteiger partial charge in [-0.15, -0.1) is 0 Å². The number of fused-ring (bicyclic) bond motifs is 1. The van der Waals surface area contributed by atoms with Gasteiger partial charge < -0.3 is 0 Å². The smallest absolute Gasteiger partial charge is 0.249 e. The van der Waals surface area contributed by atoms with Gasteiger partial charge in [-0.2, -0.15) is 0 Å². The van der Waals surface area contributed by atoms with Gasteiger partial charge in [-0.3, -0.25) is 0 Å². The summed E-state index contributed by atoms with van der Waals surface area (Å²) in [5.41, 5.74) is 1.43. The molecule has 0 bridgehead atoms. The fourth-order valence-corrected chi connectivity index (χ4v) is 3.69. The number of rotatable bonds is 2. The first-order valence-corrected chi connectivity index (χ1v) is 7.35. The van der Waals surface area contributed by atoms with E-state index in [1.54, 1.807) is 36.4 Å². The van der Waals surface area contributed by atoms with Gasteiger partial charge in [0.15, 0.2) is 0 Å². The van der Waals surface area contributed by atoms with Gasteiger partial charge in [-0.05, 0) is 24.1 Å². The third-order valence-electron chi connectivity index (χ3n) is 3.12. The molecular weight excluding hydrogens is 259 g/mol. The summed E-state index contributed by atoms with van der Waals surface area (Å²) in [5, 5.41) is 0. The maximum Gasteiger partial charge on any atom is 0.265 e. The first-order valence-electron chi connectivity index (χ1n) is 5.91. The van der Waals surface area contributed by atoms with Crippen LogP contribution in [-0.4, -0.2) is 27.8 Å². The van der Waals surface area contributed by atoms with Crippen LogP contribution in [0.2, 0.25) is 0 Å². The molecule has 19 heavy (non-hydrogen) atoms. The van der Waals surface area contributed by atoms with Crippen molar-refractivity contribution in [3.05, 3.63) is 48.2 Å². The van der Waals surface area contributed by atoms with Crippen LogP contribution in [0.1, 0.15) is 5.56 Å². The third kappa shape index (κ3) is 2.02. The van der Waals surface area contributed by atoms with E-state index in [2.05, 4.69) is 4.98 Å². The summed E-state index contributed by atoms with van der Waals surface area (Å²) in [5.74, 6) is 0.484. The van der Waals surface area contributed by atoms with Crippen LogP contribution >= 0.6 is 0 Å². The molecule has 1 aliphatic heterocycles. The number of nitrogens with zero attached hydrogens (tertiary/aromatic N) is 2. The first-order chi connectivity index (χ1) is 9.09. The number of pyridine rings is 1. The topological polar surface area (TPSA) is 50.3 Å². The summed E-state index contributed by atoms with van der Waals surface area (Å²) in [6.45, 7) is 0.406. The second-order valence-electron chi connectivity index (χ2n) is 4.39. The van der Waals surface area contributed by atoms with Crippen LogP contribution < -0.4 is 9.77 Å². The zero-order valence-electron chi connectivity index (χ0n) is 10.2. The molecular formula is C13H11BN2O2S. The SMILES string of the molecule is [B]c1cnc2c(c1)CCN2S(=O)(=O)c1ccccc1. The lowest BCUT2D eigenvalue weighted by Crippen LogP contribution is -2.29. The molecule has 1 aliphatic rings. The minimum atomic E-state index is -3.53. The predicted octanol–water partition coefficient (Wildman–Crippen LogP) is 0.627. The van der Waals surface area contributed by atoms with Gasteiger partial charge in [0.05, 0.1) is 4.90 Å². The van der Waals surface area contributed by atoms with Crippen molar-refractivity contribution in [3.8, 4) is 0 Å². The number of sulfonamides is 1. The fourth-order valence-electron chi connectivity index (χ4n) is 2.21. The van der Waals surface area contributed by atoms with Gasteiger partial charge in [0.2, 0.25) is 0 Å². The van der Waals surface area contributed by atoms with E-state index in [4.69, 9.17) is 7.85 Å². The Morgan fingerprint density at radius 3 is 2.68 bits per heavy atom. The molecule has 0 N–H and O–H groups in total.